The van der Waals surface area contributed by atoms with E-state index in [0.717, 1.165) is 6.07 Å². The number of ether oxygens (including phenoxy) is 1. The molecule has 0 spiro atoms. The molecule has 2 aromatic rings. The highest BCUT2D eigenvalue weighted by molar-refractivity contribution is 6.01. The fourth-order valence-electron chi connectivity index (χ4n) is 1.90. The quantitative estimate of drug-likeness (QED) is 0.579. The molecule has 0 aromatic heterocycles. The number of rotatable bonds is 5. The van der Waals surface area contributed by atoms with Gasteiger partial charge in [-0.05, 0) is 30.3 Å². The SMILES string of the molecule is C#Cc1cccc(NC(=O)Nc2cc(OC=O)cc(C(=O)O)c2)c1. The molecule has 7 heteroatoms. The minimum atomic E-state index is -1.23. The standard InChI is InChI=1S/C17H12N2O5/c1-2-11-4-3-5-13(6-11)18-17(23)19-14-7-12(16(21)22)8-15(9-14)24-10-20/h1,3-10H,(H,21,22)(H2,18,19,23). The first-order valence-corrected chi connectivity index (χ1v) is 6.65. The summed E-state index contributed by atoms with van der Waals surface area (Å²) < 4.78 is 4.63. The number of terminal acetylenes is 1. The van der Waals surface area contributed by atoms with Crippen LogP contribution in [0.4, 0.5) is 16.2 Å². The zero-order valence-electron chi connectivity index (χ0n) is 12.3. The Labute approximate surface area is 137 Å². The van der Waals surface area contributed by atoms with Gasteiger partial charge in [-0.25, -0.2) is 9.59 Å². The van der Waals surface area contributed by atoms with E-state index in [1.54, 1.807) is 24.3 Å². The smallest absolute Gasteiger partial charge is 0.335 e. The summed E-state index contributed by atoms with van der Waals surface area (Å²) in [4.78, 5) is 33.5. The summed E-state index contributed by atoms with van der Waals surface area (Å²) in [6, 6.07) is 9.76. The third-order valence-corrected chi connectivity index (χ3v) is 2.88. The maximum absolute atomic E-state index is 12.0. The Bertz CT molecular complexity index is 839. The van der Waals surface area contributed by atoms with E-state index in [0.29, 0.717) is 11.3 Å². The fraction of sp³-hybridized carbons (Fsp3) is 0. The minimum absolute atomic E-state index is 0.00507. The Morgan fingerprint density at radius 1 is 1.12 bits per heavy atom. The average molecular weight is 324 g/mol. The number of urea groups is 1. The molecule has 7 nitrogen and oxygen atoms in total. The second-order valence-electron chi connectivity index (χ2n) is 4.57. The summed E-state index contributed by atoms with van der Waals surface area (Å²) in [5, 5.41) is 14.1. The highest BCUT2D eigenvalue weighted by Crippen LogP contribution is 2.21. The monoisotopic (exact) mass is 324 g/mol. The molecule has 0 saturated carbocycles. The van der Waals surface area contributed by atoms with Crippen LogP contribution in [-0.2, 0) is 4.79 Å². The molecule has 24 heavy (non-hydrogen) atoms. The molecular formula is C17H12N2O5. The van der Waals surface area contributed by atoms with E-state index in [4.69, 9.17) is 11.5 Å². The topological polar surface area (TPSA) is 105 Å². The Morgan fingerprint density at radius 2 is 1.88 bits per heavy atom. The lowest BCUT2D eigenvalue weighted by atomic mass is 10.2. The zero-order chi connectivity index (χ0) is 17.5. The molecule has 0 aliphatic carbocycles. The molecular weight excluding hydrogens is 312 g/mol. The molecule has 120 valence electrons. The molecule has 0 heterocycles. The molecule has 3 N–H and O–H groups in total. The van der Waals surface area contributed by atoms with Gasteiger partial charge >= 0.3 is 12.0 Å². The van der Waals surface area contributed by atoms with Crippen LogP contribution < -0.4 is 15.4 Å². The van der Waals surface area contributed by atoms with Gasteiger partial charge in [-0.15, -0.1) is 6.42 Å². The highest BCUT2D eigenvalue weighted by Gasteiger charge is 2.10. The van der Waals surface area contributed by atoms with Gasteiger partial charge in [0.1, 0.15) is 5.75 Å². The number of hydrogen-bond donors (Lipinski definition) is 3. The molecule has 0 unspecified atom stereocenters. The molecule has 0 radical (unpaired) electrons. The Kier molecular flexibility index (Phi) is 5.16. The number of nitrogens with one attached hydrogen (secondary N) is 2. The number of carboxylic acids is 1. The van der Waals surface area contributed by atoms with E-state index in [2.05, 4.69) is 21.3 Å². The van der Waals surface area contributed by atoms with Crippen LogP contribution in [0.1, 0.15) is 15.9 Å². The van der Waals surface area contributed by atoms with Crippen molar-refractivity contribution in [1.82, 2.24) is 0 Å². The van der Waals surface area contributed by atoms with E-state index in [-0.39, 0.29) is 23.5 Å². The van der Waals surface area contributed by atoms with Crippen molar-refractivity contribution in [3.8, 4) is 18.1 Å². The number of anilines is 2. The number of aromatic carboxylic acids is 1. The van der Waals surface area contributed by atoms with Gasteiger partial charge in [0.05, 0.1) is 5.56 Å². The minimum Gasteiger partial charge on any atom is -0.478 e. The predicted octanol–water partition coefficient (Wildman–Crippen LogP) is 2.55. The zero-order valence-corrected chi connectivity index (χ0v) is 12.3. The lowest BCUT2D eigenvalue weighted by Crippen LogP contribution is -2.19. The van der Waals surface area contributed by atoms with Crippen molar-refractivity contribution in [2.24, 2.45) is 0 Å². The lowest BCUT2D eigenvalue weighted by molar-refractivity contribution is -0.120. The molecule has 2 aromatic carbocycles. The number of carbonyl (C=O) groups excluding carboxylic acids is 2. The molecule has 0 atom stereocenters. The predicted molar refractivity (Wildman–Crippen MR) is 87.1 cm³/mol. The molecule has 2 rings (SSSR count). The summed E-state index contributed by atoms with van der Waals surface area (Å²) >= 11 is 0. The number of benzene rings is 2. The maximum Gasteiger partial charge on any atom is 0.335 e. The normalized spacial score (nSPS) is 9.46. The van der Waals surface area contributed by atoms with Gasteiger partial charge in [-0.1, -0.05) is 12.0 Å². The molecule has 0 aliphatic rings. The van der Waals surface area contributed by atoms with Gasteiger partial charge in [0.15, 0.2) is 0 Å². The highest BCUT2D eigenvalue weighted by atomic mass is 16.5. The molecule has 0 saturated heterocycles. The van der Waals surface area contributed by atoms with Crippen LogP contribution in [0.3, 0.4) is 0 Å². The van der Waals surface area contributed by atoms with Crippen molar-refractivity contribution in [3.63, 3.8) is 0 Å². The van der Waals surface area contributed by atoms with Crippen LogP contribution in [0.5, 0.6) is 5.75 Å². The van der Waals surface area contributed by atoms with Gasteiger partial charge in [0.25, 0.3) is 6.47 Å². The van der Waals surface area contributed by atoms with Crippen LogP contribution in [0, 0.1) is 12.3 Å². The summed E-state index contributed by atoms with van der Waals surface area (Å²) in [6.45, 7) is 0.163. The Morgan fingerprint density at radius 3 is 2.54 bits per heavy atom. The first-order valence-electron chi connectivity index (χ1n) is 6.65. The maximum atomic E-state index is 12.0. The van der Waals surface area contributed by atoms with Crippen LogP contribution in [0.15, 0.2) is 42.5 Å². The molecule has 0 bridgehead atoms. The van der Waals surface area contributed by atoms with Crippen molar-refractivity contribution in [2.45, 2.75) is 0 Å². The van der Waals surface area contributed by atoms with Crippen LogP contribution in [-0.4, -0.2) is 23.6 Å². The van der Waals surface area contributed by atoms with E-state index >= 15 is 0 Å². The van der Waals surface area contributed by atoms with Crippen molar-refractivity contribution >= 4 is 29.8 Å². The Balaban J connectivity index is 2.17. The van der Waals surface area contributed by atoms with Crippen molar-refractivity contribution in [2.75, 3.05) is 10.6 Å². The fourth-order valence-corrected chi connectivity index (χ4v) is 1.90. The van der Waals surface area contributed by atoms with Gasteiger partial charge < -0.3 is 20.5 Å². The Hall–Kier alpha value is -3.79. The summed E-state index contributed by atoms with van der Waals surface area (Å²) in [6.07, 6.45) is 5.29. The summed E-state index contributed by atoms with van der Waals surface area (Å²) in [5.41, 5.74) is 1.08. The van der Waals surface area contributed by atoms with Crippen LogP contribution >= 0.6 is 0 Å². The first-order chi connectivity index (χ1) is 11.5. The molecule has 0 aliphatic heterocycles. The average Bonchev–Trinajstić information content (AvgIpc) is 2.55. The van der Waals surface area contributed by atoms with Crippen LogP contribution in [0.25, 0.3) is 0 Å². The largest absolute Gasteiger partial charge is 0.478 e. The number of carboxylic acid groups (broad SMARTS) is 1. The molecule has 2 amide bonds. The summed E-state index contributed by atoms with van der Waals surface area (Å²) in [5.74, 6) is 1.21. The van der Waals surface area contributed by atoms with E-state index in [9.17, 15) is 14.4 Å². The third kappa shape index (κ3) is 4.35. The van der Waals surface area contributed by atoms with Gasteiger partial charge in [-0.3, -0.25) is 4.79 Å². The van der Waals surface area contributed by atoms with E-state index < -0.39 is 12.0 Å². The van der Waals surface area contributed by atoms with Gasteiger partial charge in [-0.2, -0.15) is 0 Å². The second kappa shape index (κ2) is 7.47. The first kappa shape index (κ1) is 16.6. The third-order valence-electron chi connectivity index (χ3n) is 2.88. The van der Waals surface area contributed by atoms with Crippen LogP contribution in [0.2, 0.25) is 0 Å². The molecule has 0 fully saturated rings. The lowest BCUT2D eigenvalue weighted by Gasteiger charge is -2.10. The number of hydrogen-bond acceptors (Lipinski definition) is 4. The van der Waals surface area contributed by atoms with Crippen molar-refractivity contribution in [3.05, 3.63) is 53.6 Å². The second-order valence-corrected chi connectivity index (χ2v) is 4.57. The number of amides is 2. The van der Waals surface area contributed by atoms with Gasteiger partial charge in [0, 0.05) is 23.0 Å². The van der Waals surface area contributed by atoms with E-state index in [1.807, 2.05) is 0 Å². The van der Waals surface area contributed by atoms with Gasteiger partial charge in [0.2, 0.25) is 0 Å². The summed E-state index contributed by atoms with van der Waals surface area (Å²) in [7, 11) is 0. The number of carbonyl (C=O) groups is 3. The van der Waals surface area contributed by atoms with Crippen molar-refractivity contribution in [1.29, 1.82) is 0 Å². The van der Waals surface area contributed by atoms with Crippen molar-refractivity contribution < 1.29 is 24.2 Å². The van der Waals surface area contributed by atoms with E-state index in [1.165, 1.54) is 12.1 Å².